The first-order valence-corrected chi connectivity index (χ1v) is 6.29. The molecule has 0 spiro atoms. The van der Waals surface area contributed by atoms with E-state index in [9.17, 15) is 0 Å². The number of alkyl halides is 1. The van der Waals surface area contributed by atoms with Crippen molar-refractivity contribution in [3.63, 3.8) is 0 Å². The number of aromatic nitrogens is 1. The summed E-state index contributed by atoms with van der Waals surface area (Å²) in [4.78, 5) is 0. The SMILES string of the molecule is ClCc1cc(-c2ccc(Br)cc2Br)no1. The number of rotatable bonds is 2. The Morgan fingerprint density at radius 3 is 2.67 bits per heavy atom. The number of halogens is 3. The molecule has 0 aliphatic carbocycles. The number of nitrogens with zero attached hydrogens (tertiary/aromatic N) is 1. The Morgan fingerprint density at radius 1 is 1.27 bits per heavy atom. The molecule has 2 nitrogen and oxygen atoms in total. The highest BCUT2D eigenvalue weighted by molar-refractivity contribution is 9.11. The van der Waals surface area contributed by atoms with Crippen LogP contribution < -0.4 is 0 Å². The molecule has 0 N–H and O–H groups in total. The zero-order valence-electron chi connectivity index (χ0n) is 7.51. The van der Waals surface area contributed by atoms with Crippen LogP contribution in [-0.2, 0) is 5.88 Å². The maximum atomic E-state index is 5.64. The van der Waals surface area contributed by atoms with Crippen molar-refractivity contribution in [3.05, 3.63) is 39.0 Å². The lowest BCUT2D eigenvalue weighted by Crippen LogP contribution is -1.79. The predicted octanol–water partition coefficient (Wildman–Crippen LogP) is 4.61. The first kappa shape index (κ1) is 11.2. The second-order valence-electron chi connectivity index (χ2n) is 2.94. The zero-order valence-corrected chi connectivity index (χ0v) is 11.4. The van der Waals surface area contributed by atoms with Crippen LogP contribution in [0.5, 0.6) is 0 Å². The van der Waals surface area contributed by atoms with Gasteiger partial charge in [0, 0.05) is 20.6 Å². The number of benzene rings is 1. The third-order valence-corrected chi connectivity index (χ3v) is 3.31. The molecule has 0 bridgehead atoms. The van der Waals surface area contributed by atoms with Crippen molar-refractivity contribution in [1.82, 2.24) is 5.16 Å². The van der Waals surface area contributed by atoms with Gasteiger partial charge in [0.05, 0.1) is 5.88 Å². The molecular weight excluding hydrogens is 345 g/mol. The Hall–Kier alpha value is -0.320. The molecule has 0 unspecified atom stereocenters. The maximum Gasteiger partial charge on any atom is 0.152 e. The minimum atomic E-state index is 0.334. The fourth-order valence-corrected chi connectivity index (χ4v) is 2.58. The monoisotopic (exact) mass is 349 g/mol. The smallest absolute Gasteiger partial charge is 0.152 e. The van der Waals surface area contributed by atoms with Gasteiger partial charge in [-0.2, -0.15) is 0 Å². The van der Waals surface area contributed by atoms with E-state index in [-0.39, 0.29) is 0 Å². The average Bonchev–Trinajstić information content (AvgIpc) is 2.66. The van der Waals surface area contributed by atoms with Gasteiger partial charge < -0.3 is 4.52 Å². The van der Waals surface area contributed by atoms with Gasteiger partial charge in [0.15, 0.2) is 5.76 Å². The van der Waals surface area contributed by atoms with E-state index in [4.69, 9.17) is 16.1 Å². The third-order valence-electron chi connectivity index (χ3n) is 1.90. The van der Waals surface area contributed by atoms with Crippen molar-refractivity contribution in [2.75, 3.05) is 0 Å². The lowest BCUT2D eigenvalue weighted by molar-refractivity contribution is 0.396. The van der Waals surface area contributed by atoms with E-state index < -0.39 is 0 Å². The molecule has 2 aromatic rings. The number of hydrogen-bond donors (Lipinski definition) is 0. The summed E-state index contributed by atoms with van der Waals surface area (Å²) >= 11 is 12.5. The van der Waals surface area contributed by atoms with Crippen LogP contribution in [-0.4, -0.2) is 5.16 Å². The second-order valence-corrected chi connectivity index (χ2v) is 4.97. The van der Waals surface area contributed by atoms with Crippen molar-refractivity contribution in [1.29, 1.82) is 0 Å². The molecule has 0 radical (unpaired) electrons. The lowest BCUT2D eigenvalue weighted by Gasteiger charge is -1.99. The van der Waals surface area contributed by atoms with Crippen LogP contribution >= 0.6 is 43.5 Å². The van der Waals surface area contributed by atoms with Crippen LogP contribution in [0.4, 0.5) is 0 Å². The lowest BCUT2D eigenvalue weighted by atomic mass is 10.1. The molecule has 2 rings (SSSR count). The van der Waals surface area contributed by atoms with Gasteiger partial charge in [-0.05, 0) is 12.1 Å². The van der Waals surface area contributed by atoms with Crippen LogP contribution in [0.15, 0.2) is 37.7 Å². The van der Waals surface area contributed by atoms with Gasteiger partial charge in [-0.3, -0.25) is 0 Å². The predicted molar refractivity (Wildman–Crippen MR) is 66.9 cm³/mol. The molecule has 0 aliphatic heterocycles. The van der Waals surface area contributed by atoms with Crippen molar-refractivity contribution in [2.45, 2.75) is 5.88 Å². The van der Waals surface area contributed by atoms with E-state index in [0.29, 0.717) is 11.6 Å². The summed E-state index contributed by atoms with van der Waals surface area (Å²) in [5, 5.41) is 3.94. The molecule has 15 heavy (non-hydrogen) atoms. The van der Waals surface area contributed by atoms with Gasteiger partial charge in [0.25, 0.3) is 0 Å². The van der Waals surface area contributed by atoms with Crippen molar-refractivity contribution >= 4 is 43.5 Å². The quantitative estimate of drug-likeness (QED) is 0.739. The van der Waals surface area contributed by atoms with E-state index in [1.54, 1.807) is 0 Å². The Bertz CT molecular complexity index is 484. The highest BCUT2D eigenvalue weighted by Crippen LogP contribution is 2.30. The molecule has 1 aromatic carbocycles. The van der Waals surface area contributed by atoms with Gasteiger partial charge in [0.2, 0.25) is 0 Å². The fourth-order valence-electron chi connectivity index (χ4n) is 1.20. The van der Waals surface area contributed by atoms with Crippen molar-refractivity contribution < 1.29 is 4.52 Å². The van der Waals surface area contributed by atoms with Crippen LogP contribution in [0, 0.1) is 0 Å². The summed E-state index contributed by atoms with van der Waals surface area (Å²) in [6.07, 6.45) is 0. The Labute approximate surface area is 109 Å². The zero-order chi connectivity index (χ0) is 10.8. The van der Waals surface area contributed by atoms with E-state index >= 15 is 0 Å². The maximum absolute atomic E-state index is 5.64. The van der Waals surface area contributed by atoms with Crippen LogP contribution in [0.3, 0.4) is 0 Å². The molecule has 1 aromatic heterocycles. The van der Waals surface area contributed by atoms with Crippen molar-refractivity contribution in [3.8, 4) is 11.3 Å². The molecule has 0 saturated carbocycles. The fraction of sp³-hybridized carbons (Fsp3) is 0.100. The Morgan fingerprint density at radius 2 is 2.07 bits per heavy atom. The molecule has 0 aliphatic rings. The summed E-state index contributed by atoms with van der Waals surface area (Å²) in [5.74, 6) is 1.00. The van der Waals surface area contributed by atoms with Gasteiger partial charge >= 0.3 is 0 Å². The molecule has 5 heteroatoms. The van der Waals surface area contributed by atoms with E-state index in [1.165, 1.54) is 0 Å². The summed E-state index contributed by atoms with van der Waals surface area (Å²) in [7, 11) is 0. The molecule has 0 amide bonds. The third kappa shape index (κ3) is 2.44. The first-order valence-electron chi connectivity index (χ1n) is 4.17. The topological polar surface area (TPSA) is 26.0 Å². The molecule has 0 atom stereocenters. The van der Waals surface area contributed by atoms with E-state index in [2.05, 4.69) is 37.0 Å². The Kier molecular flexibility index (Phi) is 3.49. The molecular formula is C10H6Br2ClNO. The summed E-state index contributed by atoms with van der Waals surface area (Å²) in [5.41, 5.74) is 1.77. The largest absolute Gasteiger partial charge is 0.359 e. The Balaban J connectivity index is 2.44. The van der Waals surface area contributed by atoms with Gasteiger partial charge in [-0.1, -0.05) is 43.1 Å². The molecule has 78 valence electrons. The van der Waals surface area contributed by atoms with Crippen LogP contribution in [0.1, 0.15) is 5.76 Å². The van der Waals surface area contributed by atoms with Gasteiger partial charge in [-0.15, -0.1) is 11.6 Å². The van der Waals surface area contributed by atoms with Crippen molar-refractivity contribution in [2.24, 2.45) is 0 Å². The number of hydrogen-bond acceptors (Lipinski definition) is 2. The summed E-state index contributed by atoms with van der Waals surface area (Å²) in [6, 6.07) is 7.71. The normalized spacial score (nSPS) is 10.6. The van der Waals surface area contributed by atoms with Gasteiger partial charge in [0.1, 0.15) is 5.69 Å². The standard InChI is InChI=1S/C10H6Br2ClNO/c11-6-1-2-8(9(12)3-6)10-4-7(5-13)15-14-10/h1-4H,5H2. The molecule has 0 saturated heterocycles. The minimum absolute atomic E-state index is 0.334. The summed E-state index contributed by atoms with van der Waals surface area (Å²) < 4.78 is 7.02. The minimum Gasteiger partial charge on any atom is -0.359 e. The van der Waals surface area contributed by atoms with Gasteiger partial charge in [-0.25, -0.2) is 0 Å². The molecule has 1 heterocycles. The van der Waals surface area contributed by atoms with Crippen LogP contribution in [0.25, 0.3) is 11.3 Å². The highest BCUT2D eigenvalue weighted by Gasteiger charge is 2.09. The van der Waals surface area contributed by atoms with Crippen LogP contribution in [0.2, 0.25) is 0 Å². The molecule has 0 fully saturated rings. The van der Waals surface area contributed by atoms with E-state index in [1.807, 2.05) is 24.3 Å². The second kappa shape index (κ2) is 4.68. The average molecular weight is 351 g/mol. The van der Waals surface area contributed by atoms with E-state index in [0.717, 1.165) is 20.2 Å². The highest BCUT2D eigenvalue weighted by atomic mass is 79.9. The summed E-state index contributed by atoms with van der Waals surface area (Å²) in [6.45, 7) is 0. The first-order chi connectivity index (χ1) is 7.20.